The summed E-state index contributed by atoms with van der Waals surface area (Å²) in [6.45, 7) is 11.0. The van der Waals surface area contributed by atoms with Crippen LogP contribution in [0.4, 0.5) is 0 Å². The molecule has 90 valence electrons. The molecule has 1 aromatic rings. The van der Waals surface area contributed by atoms with E-state index >= 15 is 0 Å². The highest BCUT2D eigenvalue weighted by Gasteiger charge is 2.08. The predicted molar refractivity (Wildman–Crippen MR) is 69.9 cm³/mol. The minimum atomic E-state index is 0.250. The number of hydrogen-bond acceptors (Lipinski definition) is 1. The molecule has 0 N–H and O–H groups in total. The van der Waals surface area contributed by atoms with Gasteiger partial charge in [0, 0.05) is 0 Å². The Hall–Kier alpha value is -0.980. The smallest absolute Gasteiger partial charge is 0.119 e. The molecule has 0 heterocycles. The van der Waals surface area contributed by atoms with Gasteiger partial charge in [-0.2, -0.15) is 0 Å². The lowest BCUT2D eigenvalue weighted by Gasteiger charge is -2.16. The molecular formula is C15H24O. The first-order valence-corrected chi connectivity index (χ1v) is 6.24. The highest BCUT2D eigenvalue weighted by Crippen LogP contribution is 2.19. The fourth-order valence-electron chi connectivity index (χ4n) is 1.58. The molecule has 0 saturated heterocycles. The number of ether oxygens (including phenoxy) is 1. The molecule has 1 aromatic carbocycles. The summed E-state index contributed by atoms with van der Waals surface area (Å²) in [5.41, 5.74) is 1.40. The zero-order chi connectivity index (χ0) is 12.1. The third-order valence-electron chi connectivity index (χ3n) is 2.99. The summed E-state index contributed by atoms with van der Waals surface area (Å²) in [6.07, 6.45) is 1.40. The van der Waals surface area contributed by atoms with Gasteiger partial charge in [-0.3, -0.25) is 0 Å². The van der Waals surface area contributed by atoms with Crippen molar-refractivity contribution in [3.63, 3.8) is 0 Å². The molecule has 16 heavy (non-hydrogen) atoms. The molecule has 0 aromatic heterocycles. The van der Waals surface area contributed by atoms with E-state index in [1.54, 1.807) is 0 Å². The summed E-state index contributed by atoms with van der Waals surface area (Å²) in [5.74, 6) is 2.44. The summed E-state index contributed by atoms with van der Waals surface area (Å²) < 4.78 is 5.62. The fourth-order valence-corrected chi connectivity index (χ4v) is 1.58. The van der Waals surface area contributed by atoms with E-state index in [4.69, 9.17) is 4.74 Å². The van der Waals surface area contributed by atoms with Gasteiger partial charge in [0.2, 0.25) is 0 Å². The van der Waals surface area contributed by atoms with Crippen molar-refractivity contribution in [1.82, 2.24) is 0 Å². The van der Waals surface area contributed by atoms with Crippen LogP contribution in [0.2, 0.25) is 0 Å². The Kier molecular flexibility index (Phi) is 4.85. The quantitative estimate of drug-likeness (QED) is 0.718. The van der Waals surface area contributed by atoms with Gasteiger partial charge in [0.05, 0.1) is 6.10 Å². The molecule has 1 unspecified atom stereocenters. The Morgan fingerprint density at radius 2 is 1.50 bits per heavy atom. The van der Waals surface area contributed by atoms with Gasteiger partial charge in [0.25, 0.3) is 0 Å². The summed E-state index contributed by atoms with van der Waals surface area (Å²) in [4.78, 5) is 0. The zero-order valence-electron chi connectivity index (χ0n) is 11.2. The highest BCUT2D eigenvalue weighted by atomic mass is 16.5. The monoisotopic (exact) mass is 220 g/mol. The van der Waals surface area contributed by atoms with Crippen LogP contribution in [0.1, 0.15) is 40.2 Å². The molecule has 0 saturated carbocycles. The number of rotatable bonds is 5. The molecule has 0 radical (unpaired) electrons. The Bertz CT molecular complexity index is 298. The van der Waals surface area contributed by atoms with Crippen molar-refractivity contribution >= 4 is 0 Å². The van der Waals surface area contributed by atoms with E-state index in [-0.39, 0.29) is 6.10 Å². The normalized spacial score (nSPS) is 13.2. The first kappa shape index (κ1) is 13.1. The van der Waals surface area contributed by atoms with E-state index in [1.807, 2.05) is 0 Å². The second-order valence-electron chi connectivity index (χ2n) is 5.24. The van der Waals surface area contributed by atoms with Crippen LogP contribution < -0.4 is 4.74 Å². The minimum Gasteiger partial charge on any atom is -0.491 e. The van der Waals surface area contributed by atoms with E-state index in [1.165, 1.54) is 5.56 Å². The van der Waals surface area contributed by atoms with E-state index in [0.717, 1.165) is 24.0 Å². The molecule has 1 heteroatoms. The molecule has 0 fully saturated rings. The number of hydrogen-bond donors (Lipinski definition) is 0. The van der Waals surface area contributed by atoms with Gasteiger partial charge >= 0.3 is 0 Å². The molecule has 1 atom stereocenters. The summed E-state index contributed by atoms with van der Waals surface area (Å²) in [5, 5.41) is 0. The van der Waals surface area contributed by atoms with E-state index in [2.05, 4.69) is 58.9 Å². The molecule has 1 nitrogen and oxygen atoms in total. The Morgan fingerprint density at radius 3 is 1.94 bits per heavy atom. The maximum absolute atomic E-state index is 5.62. The third kappa shape index (κ3) is 4.26. The summed E-state index contributed by atoms with van der Waals surface area (Å²) >= 11 is 0. The van der Waals surface area contributed by atoms with Crippen LogP contribution in [-0.2, 0) is 6.42 Å². The Morgan fingerprint density at radius 1 is 0.938 bits per heavy atom. The summed E-state index contributed by atoms with van der Waals surface area (Å²) in [7, 11) is 0. The molecule has 0 aliphatic rings. The lowest BCUT2D eigenvalue weighted by Crippen LogP contribution is -2.08. The Labute approximate surface area is 99.8 Å². The standard InChI is InChI=1S/C15H24O/c1-11(2)13(5)10-14-6-8-15(9-7-14)16-12(3)4/h6-9,11-13H,10H2,1-5H3. The topological polar surface area (TPSA) is 9.23 Å². The maximum Gasteiger partial charge on any atom is 0.119 e. The van der Waals surface area contributed by atoms with Gasteiger partial charge in [-0.15, -0.1) is 0 Å². The molecule has 0 bridgehead atoms. The van der Waals surface area contributed by atoms with Gasteiger partial charge < -0.3 is 4.74 Å². The van der Waals surface area contributed by atoms with E-state index in [0.29, 0.717) is 0 Å². The Balaban J connectivity index is 2.57. The first-order valence-electron chi connectivity index (χ1n) is 6.24. The minimum absolute atomic E-state index is 0.250. The second-order valence-corrected chi connectivity index (χ2v) is 5.24. The van der Waals surface area contributed by atoms with Crippen LogP contribution in [0, 0.1) is 11.8 Å². The van der Waals surface area contributed by atoms with Gasteiger partial charge in [0.1, 0.15) is 5.75 Å². The van der Waals surface area contributed by atoms with E-state index in [9.17, 15) is 0 Å². The highest BCUT2D eigenvalue weighted by molar-refractivity contribution is 5.27. The van der Waals surface area contributed by atoms with Crippen molar-refractivity contribution in [2.45, 2.75) is 47.1 Å². The SMILES string of the molecule is CC(C)Oc1ccc(CC(C)C(C)C)cc1. The van der Waals surface area contributed by atoms with Crippen molar-refractivity contribution in [3.05, 3.63) is 29.8 Å². The van der Waals surface area contributed by atoms with Crippen molar-refractivity contribution in [2.24, 2.45) is 11.8 Å². The maximum atomic E-state index is 5.62. The van der Waals surface area contributed by atoms with Gasteiger partial charge in [-0.25, -0.2) is 0 Å². The van der Waals surface area contributed by atoms with Crippen molar-refractivity contribution in [1.29, 1.82) is 0 Å². The van der Waals surface area contributed by atoms with Crippen LogP contribution in [0.5, 0.6) is 5.75 Å². The first-order chi connectivity index (χ1) is 7.49. The van der Waals surface area contributed by atoms with Gasteiger partial charge in [-0.1, -0.05) is 32.9 Å². The average molecular weight is 220 g/mol. The summed E-state index contributed by atoms with van der Waals surface area (Å²) in [6, 6.07) is 8.50. The second kappa shape index (κ2) is 5.93. The van der Waals surface area contributed by atoms with E-state index < -0.39 is 0 Å². The molecule has 1 rings (SSSR count). The van der Waals surface area contributed by atoms with Crippen molar-refractivity contribution < 1.29 is 4.74 Å². The fraction of sp³-hybridized carbons (Fsp3) is 0.600. The zero-order valence-corrected chi connectivity index (χ0v) is 11.2. The van der Waals surface area contributed by atoms with Crippen LogP contribution in [0.25, 0.3) is 0 Å². The lowest BCUT2D eigenvalue weighted by molar-refractivity contribution is 0.242. The largest absolute Gasteiger partial charge is 0.491 e. The van der Waals surface area contributed by atoms with Crippen LogP contribution in [0.15, 0.2) is 24.3 Å². The molecule has 0 aliphatic heterocycles. The molecular weight excluding hydrogens is 196 g/mol. The van der Waals surface area contributed by atoms with Gasteiger partial charge in [-0.05, 0) is 49.8 Å². The lowest BCUT2D eigenvalue weighted by atomic mass is 9.91. The van der Waals surface area contributed by atoms with Crippen LogP contribution >= 0.6 is 0 Å². The third-order valence-corrected chi connectivity index (χ3v) is 2.99. The van der Waals surface area contributed by atoms with Crippen LogP contribution in [-0.4, -0.2) is 6.10 Å². The van der Waals surface area contributed by atoms with Gasteiger partial charge in [0.15, 0.2) is 0 Å². The van der Waals surface area contributed by atoms with Crippen molar-refractivity contribution in [2.75, 3.05) is 0 Å². The number of benzene rings is 1. The average Bonchev–Trinajstić information content (AvgIpc) is 2.20. The molecule has 0 amide bonds. The molecule has 0 spiro atoms. The predicted octanol–water partition coefficient (Wildman–Crippen LogP) is 4.31. The van der Waals surface area contributed by atoms with Crippen LogP contribution in [0.3, 0.4) is 0 Å². The molecule has 0 aliphatic carbocycles. The van der Waals surface area contributed by atoms with Crippen molar-refractivity contribution in [3.8, 4) is 5.75 Å².